The monoisotopic (exact) mass is 397 g/mol. The lowest BCUT2D eigenvalue weighted by molar-refractivity contribution is -0.130. The van der Waals surface area contributed by atoms with Crippen molar-refractivity contribution in [3.8, 4) is 11.5 Å². The van der Waals surface area contributed by atoms with Crippen LogP contribution in [0.4, 0.5) is 0 Å². The van der Waals surface area contributed by atoms with Gasteiger partial charge in [0.15, 0.2) is 0 Å². The van der Waals surface area contributed by atoms with Crippen molar-refractivity contribution in [2.75, 3.05) is 27.2 Å². The van der Waals surface area contributed by atoms with Crippen LogP contribution in [0.1, 0.15) is 35.8 Å². The quantitative estimate of drug-likeness (QED) is 0.750. The Morgan fingerprint density at radius 3 is 2.59 bits per heavy atom. The number of hydrogen-bond acceptors (Lipinski definition) is 5. The Balaban J connectivity index is 1.75. The van der Waals surface area contributed by atoms with Crippen LogP contribution in [0.2, 0.25) is 0 Å². The molecule has 0 unspecified atom stereocenters. The van der Waals surface area contributed by atoms with Gasteiger partial charge >= 0.3 is 0 Å². The molecular formula is C22H27N3O4. The summed E-state index contributed by atoms with van der Waals surface area (Å²) in [6, 6.07) is 10.9. The second kappa shape index (κ2) is 9.41. The predicted octanol–water partition coefficient (Wildman–Crippen LogP) is 2.75. The first kappa shape index (κ1) is 20.6. The lowest BCUT2D eigenvalue weighted by Crippen LogP contribution is -2.40. The van der Waals surface area contributed by atoms with Crippen molar-refractivity contribution in [3.05, 3.63) is 53.9 Å². The van der Waals surface area contributed by atoms with Crippen molar-refractivity contribution in [2.24, 2.45) is 0 Å². The Morgan fingerprint density at radius 1 is 1.21 bits per heavy atom. The fourth-order valence-corrected chi connectivity index (χ4v) is 3.39. The van der Waals surface area contributed by atoms with Crippen LogP contribution in [0.3, 0.4) is 0 Å². The van der Waals surface area contributed by atoms with Crippen LogP contribution in [0, 0.1) is 0 Å². The van der Waals surface area contributed by atoms with Crippen molar-refractivity contribution < 1.29 is 19.1 Å². The second-order valence-electron chi connectivity index (χ2n) is 7.17. The highest BCUT2D eigenvalue weighted by molar-refractivity contribution is 5.97. The van der Waals surface area contributed by atoms with Gasteiger partial charge in [0.1, 0.15) is 17.6 Å². The van der Waals surface area contributed by atoms with Crippen molar-refractivity contribution in [1.29, 1.82) is 0 Å². The standard InChI is InChI=1S/C22H27N3O4/c1-16(26)25-12-9-18(10-13-25)29-21-8-7-19(28-3)14-20(21)22(27)24(2)15-17-6-4-5-11-23-17/h4-8,11,14,18H,9-10,12-13,15H2,1-3H3. The van der Waals surface area contributed by atoms with Gasteiger partial charge in [0.25, 0.3) is 5.91 Å². The molecule has 29 heavy (non-hydrogen) atoms. The number of pyridine rings is 1. The van der Waals surface area contributed by atoms with Gasteiger partial charge in [0.2, 0.25) is 5.91 Å². The molecule has 7 heteroatoms. The second-order valence-corrected chi connectivity index (χ2v) is 7.17. The first-order chi connectivity index (χ1) is 14.0. The molecular weight excluding hydrogens is 370 g/mol. The smallest absolute Gasteiger partial charge is 0.257 e. The van der Waals surface area contributed by atoms with E-state index in [2.05, 4.69) is 4.98 Å². The average Bonchev–Trinajstić information content (AvgIpc) is 2.74. The molecule has 0 radical (unpaired) electrons. The Bertz CT molecular complexity index is 848. The molecule has 0 saturated carbocycles. The topological polar surface area (TPSA) is 72.0 Å². The van der Waals surface area contributed by atoms with E-state index in [1.807, 2.05) is 23.1 Å². The lowest BCUT2D eigenvalue weighted by Gasteiger charge is -2.32. The first-order valence-corrected chi connectivity index (χ1v) is 9.73. The van der Waals surface area contributed by atoms with E-state index in [0.717, 1.165) is 18.5 Å². The van der Waals surface area contributed by atoms with Gasteiger partial charge < -0.3 is 19.3 Å². The maximum Gasteiger partial charge on any atom is 0.257 e. The van der Waals surface area contributed by atoms with Crippen LogP contribution >= 0.6 is 0 Å². The highest BCUT2D eigenvalue weighted by atomic mass is 16.5. The zero-order valence-corrected chi connectivity index (χ0v) is 17.1. The molecule has 0 bridgehead atoms. The molecule has 1 aromatic carbocycles. The summed E-state index contributed by atoms with van der Waals surface area (Å²) in [5, 5.41) is 0. The summed E-state index contributed by atoms with van der Waals surface area (Å²) >= 11 is 0. The molecule has 7 nitrogen and oxygen atoms in total. The highest BCUT2D eigenvalue weighted by Gasteiger charge is 2.25. The fourth-order valence-electron chi connectivity index (χ4n) is 3.39. The van der Waals surface area contributed by atoms with Gasteiger partial charge in [-0.3, -0.25) is 14.6 Å². The molecule has 1 saturated heterocycles. The maximum atomic E-state index is 13.1. The molecule has 1 aliphatic heterocycles. The molecule has 0 aliphatic carbocycles. The zero-order chi connectivity index (χ0) is 20.8. The van der Waals surface area contributed by atoms with E-state index >= 15 is 0 Å². The third-order valence-corrected chi connectivity index (χ3v) is 5.07. The van der Waals surface area contributed by atoms with Crippen LogP contribution in [-0.2, 0) is 11.3 Å². The SMILES string of the molecule is COc1ccc(OC2CCN(C(C)=O)CC2)c(C(=O)N(C)Cc2ccccn2)c1. The number of carbonyl (C=O) groups excluding carboxylic acids is 2. The predicted molar refractivity (Wildman–Crippen MR) is 109 cm³/mol. The first-order valence-electron chi connectivity index (χ1n) is 9.73. The number of amides is 2. The minimum Gasteiger partial charge on any atom is -0.497 e. The zero-order valence-electron chi connectivity index (χ0n) is 17.1. The van der Waals surface area contributed by atoms with Gasteiger partial charge in [-0.1, -0.05) is 6.07 Å². The van der Waals surface area contributed by atoms with Gasteiger partial charge in [-0.25, -0.2) is 0 Å². The number of likely N-dealkylation sites (tertiary alicyclic amines) is 1. The van der Waals surface area contributed by atoms with Gasteiger partial charge in [-0.15, -0.1) is 0 Å². The van der Waals surface area contributed by atoms with Crippen LogP contribution in [0.5, 0.6) is 11.5 Å². The summed E-state index contributed by atoms with van der Waals surface area (Å²) in [7, 11) is 3.31. The van der Waals surface area contributed by atoms with Crippen LogP contribution in [0.25, 0.3) is 0 Å². The fraction of sp³-hybridized carbons (Fsp3) is 0.409. The highest BCUT2D eigenvalue weighted by Crippen LogP contribution is 2.28. The summed E-state index contributed by atoms with van der Waals surface area (Å²) in [5.74, 6) is 1.05. The van der Waals surface area contributed by atoms with E-state index in [0.29, 0.717) is 36.7 Å². The lowest BCUT2D eigenvalue weighted by atomic mass is 10.1. The summed E-state index contributed by atoms with van der Waals surface area (Å²) in [6.45, 7) is 3.31. The largest absolute Gasteiger partial charge is 0.497 e. The van der Waals surface area contributed by atoms with E-state index in [9.17, 15) is 9.59 Å². The number of hydrogen-bond donors (Lipinski definition) is 0. The summed E-state index contributed by atoms with van der Waals surface area (Å²) in [5.41, 5.74) is 1.27. The number of nitrogens with zero attached hydrogens (tertiary/aromatic N) is 3. The molecule has 1 fully saturated rings. The van der Waals surface area contributed by atoms with Gasteiger partial charge in [-0.05, 0) is 30.3 Å². The van der Waals surface area contributed by atoms with Crippen molar-refractivity contribution in [2.45, 2.75) is 32.4 Å². The van der Waals surface area contributed by atoms with Crippen molar-refractivity contribution in [3.63, 3.8) is 0 Å². The molecule has 0 N–H and O–H groups in total. The summed E-state index contributed by atoms with van der Waals surface area (Å²) < 4.78 is 11.5. The molecule has 2 amide bonds. The molecule has 2 heterocycles. The summed E-state index contributed by atoms with van der Waals surface area (Å²) in [4.78, 5) is 32.4. The molecule has 2 aromatic rings. The Kier molecular flexibility index (Phi) is 6.69. The molecule has 0 atom stereocenters. The summed E-state index contributed by atoms with van der Waals surface area (Å²) in [6.07, 6.45) is 3.15. The van der Waals surface area contributed by atoms with Crippen molar-refractivity contribution >= 4 is 11.8 Å². The van der Waals surface area contributed by atoms with E-state index in [1.54, 1.807) is 50.4 Å². The molecule has 1 aliphatic rings. The number of benzene rings is 1. The van der Waals surface area contributed by atoms with Gasteiger partial charge in [0.05, 0.1) is 24.9 Å². The van der Waals surface area contributed by atoms with Crippen LogP contribution in [-0.4, -0.2) is 59.9 Å². The minimum absolute atomic E-state index is 0.0355. The van der Waals surface area contributed by atoms with Crippen LogP contribution < -0.4 is 9.47 Å². The van der Waals surface area contributed by atoms with E-state index in [1.165, 1.54) is 0 Å². The average molecular weight is 397 g/mol. The van der Waals surface area contributed by atoms with Gasteiger partial charge in [0, 0.05) is 46.1 Å². The Hall–Kier alpha value is -3.09. The number of ether oxygens (including phenoxy) is 2. The number of piperidine rings is 1. The van der Waals surface area contributed by atoms with Gasteiger partial charge in [-0.2, -0.15) is 0 Å². The third-order valence-electron chi connectivity index (χ3n) is 5.07. The maximum absolute atomic E-state index is 13.1. The number of carbonyl (C=O) groups is 2. The Morgan fingerprint density at radius 2 is 1.97 bits per heavy atom. The molecule has 0 spiro atoms. The third kappa shape index (κ3) is 5.25. The molecule has 154 valence electrons. The van der Waals surface area contributed by atoms with Crippen molar-refractivity contribution in [1.82, 2.24) is 14.8 Å². The number of rotatable bonds is 6. The van der Waals surface area contributed by atoms with E-state index in [4.69, 9.17) is 9.47 Å². The normalized spacial score (nSPS) is 14.4. The molecule has 1 aromatic heterocycles. The van der Waals surface area contributed by atoms with E-state index < -0.39 is 0 Å². The molecule has 3 rings (SSSR count). The van der Waals surface area contributed by atoms with E-state index in [-0.39, 0.29) is 17.9 Å². The Labute approximate surface area is 171 Å². The van der Waals surface area contributed by atoms with Crippen LogP contribution in [0.15, 0.2) is 42.6 Å². The number of aromatic nitrogens is 1. The number of methoxy groups -OCH3 is 1. The minimum atomic E-state index is -0.161.